The number of nitrogens with two attached hydrogens (primary N) is 1. The molecule has 124 valence electrons. The summed E-state index contributed by atoms with van der Waals surface area (Å²) < 4.78 is 5.12. The maximum absolute atomic E-state index is 12.0. The third-order valence-corrected chi connectivity index (χ3v) is 4.21. The Morgan fingerprint density at radius 1 is 1.32 bits per heavy atom. The maximum Gasteiger partial charge on any atom is 0.220 e. The van der Waals surface area contributed by atoms with Gasteiger partial charge in [0, 0.05) is 26.1 Å². The topological polar surface area (TPSA) is 64.3 Å². The van der Waals surface area contributed by atoms with Crippen molar-refractivity contribution < 1.29 is 9.53 Å². The van der Waals surface area contributed by atoms with Gasteiger partial charge in [0.2, 0.25) is 5.91 Å². The number of amides is 1. The van der Waals surface area contributed by atoms with Crippen LogP contribution in [-0.4, -0.2) is 19.1 Å². The second kappa shape index (κ2) is 9.82. The fourth-order valence-corrected chi connectivity index (χ4v) is 3.00. The Labute approximate surface area is 139 Å². The largest absolute Gasteiger partial charge is 0.380 e. The van der Waals surface area contributed by atoms with Crippen LogP contribution in [0.15, 0.2) is 24.3 Å². The van der Waals surface area contributed by atoms with E-state index in [2.05, 4.69) is 11.4 Å². The molecule has 4 nitrogen and oxygen atoms in total. The van der Waals surface area contributed by atoms with Crippen LogP contribution in [0.4, 0.5) is 0 Å². The number of hydrogen-bond acceptors (Lipinski definition) is 3. The lowest BCUT2D eigenvalue weighted by atomic mass is 9.83. The van der Waals surface area contributed by atoms with Gasteiger partial charge in [-0.2, -0.15) is 0 Å². The first-order chi connectivity index (χ1) is 10.2. The van der Waals surface area contributed by atoms with E-state index in [1.165, 1.54) is 12.8 Å². The number of ether oxygens (including phenoxy) is 1. The fourth-order valence-electron chi connectivity index (χ4n) is 3.00. The van der Waals surface area contributed by atoms with Crippen LogP contribution in [-0.2, 0) is 22.7 Å². The smallest absolute Gasteiger partial charge is 0.220 e. The van der Waals surface area contributed by atoms with Crippen LogP contribution in [0.2, 0.25) is 0 Å². The number of halogens is 1. The number of rotatable bonds is 6. The molecule has 2 atom stereocenters. The number of carbonyl (C=O) groups is 1. The van der Waals surface area contributed by atoms with Crippen molar-refractivity contribution in [3.63, 3.8) is 0 Å². The van der Waals surface area contributed by atoms with E-state index in [0.29, 0.717) is 25.5 Å². The van der Waals surface area contributed by atoms with E-state index in [1.807, 2.05) is 18.2 Å². The minimum Gasteiger partial charge on any atom is -0.380 e. The zero-order valence-electron chi connectivity index (χ0n) is 13.2. The second-order valence-corrected chi connectivity index (χ2v) is 5.94. The van der Waals surface area contributed by atoms with Gasteiger partial charge >= 0.3 is 0 Å². The van der Waals surface area contributed by atoms with Crippen LogP contribution in [0.3, 0.4) is 0 Å². The third kappa shape index (κ3) is 5.95. The Bertz CT molecular complexity index is 468. The molecule has 22 heavy (non-hydrogen) atoms. The van der Waals surface area contributed by atoms with Crippen LogP contribution in [0, 0.1) is 5.92 Å². The van der Waals surface area contributed by atoms with E-state index >= 15 is 0 Å². The van der Waals surface area contributed by atoms with Crippen molar-refractivity contribution in [1.82, 2.24) is 5.32 Å². The Morgan fingerprint density at radius 2 is 2.05 bits per heavy atom. The van der Waals surface area contributed by atoms with E-state index < -0.39 is 0 Å². The molecule has 1 aliphatic carbocycles. The van der Waals surface area contributed by atoms with Crippen molar-refractivity contribution in [2.45, 2.75) is 51.3 Å². The molecule has 1 aliphatic rings. The molecular weight excluding hydrogens is 300 g/mol. The number of nitrogens with one attached hydrogen (secondary N) is 1. The molecule has 1 saturated carbocycles. The number of methoxy groups -OCH3 is 1. The molecule has 0 bridgehead atoms. The van der Waals surface area contributed by atoms with Crippen LogP contribution < -0.4 is 11.1 Å². The first-order valence-corrected chi connectivity index (χ1v) is 7.78. The van der Waals surface area contributed by atoms with Crippen molar-refractivity contribution in [1.29, 1.82) is 0 Å². The highest BCUT2D eigenvalue weighted by atomic mass is 35.5. The summed E-state index contributed by atoms with van der Waals surface area (Å²) in [7, 11) is 1.68. The van der Waals surface area contributed by atoms with E-state index in [0.717, 1.165) is 24.0 Å². The Balaban J connectivity index is 0.00000242. The molecule has 0 aliphatic heterocycles. The SMILES string of the molecule is COCc1cccc(CNC(=O)CC2CCCCC2N)c1.Cl. The lowest BCUT2D eigenvalue weighted by Crippen LogP contribution is -2.37. The Kier molecular flexibility index (Phi) is 8.46. The summed E-state index contributed by atoms with van der Waals surface area (Å²) in [5.74, 6) is 0.452. The van der Waals surface area contributed by atoms with E-state index in [9.17, 15) is 4.79 Å². The molecular formula is C17H27ClN2O2. The summed E-state index contributed by atoms with van der Waals surface area (Å²) in [5, 5.41) is 3.00. The molecule has 5 heteroatoms. The molecule has 2 rings (SSSR count). The minimum absolute atomic E-state index is 0. The normalized spacial score (nSPS) is 21.0. The zero-order chi connectivity index (χ0) is 15.1. The minimum atomic E-state index is 0. The molecule has 2 unspecified atom stereocenters. The standard InChI is InChI=1S/C17H26N2O2.ClH/c1-21-12-14-6-4-5-13(9-14)11-19-17(20)10-15-7-2-3-8-16(15)18;/h4-6,9,15-16H,2-3,7-8,10-12,18H2,1H3,(H,19,20);1H. The number of benzene rings is 1. The lowest BCUT2D eigenvalue weighted by Gasteiger charge is -2.27. The molecule has 0 heterocycles. The zero-order valence-corrected chi connectivity index (χ0v) is 14.0. The van der Waals surface area contributed by atoms with Gasteiger partial charge in [0.25, 0.3) is 0 Å². The van der Waals surface area contributed by atoms with Gasteiger partial charge in [-0.15, -0.1) is 12.4 Å². The summed E-state index contributed by atoms with van der Waals surface area (Å²) in [6.07, 6.45) is 5.09. The summed E-state index contributed by atoms with van der Waals surface area (Å²) in [6.45, 7) is 1.16. The predicted octanol–water partition coefficient (Wildman–Crippen LogP) is 2.78. The Hall–Kier alpha value is -1.10. The first-order valence-electron chi connectivity index (χ1n) is 7.78. The van der Waals surface area contributed by atoms with E-state index in [-0.39, 0.29) is 24.4 Å². The van der Waals surface area contributed by atoms with Gasteiger partial charge in [-0.05, 0) is 29.9 Å². The van der Waals surface area contributed by atoms with Crippen LogP contribution in [0.5, 0.6) is 0 Å². The average Bonchev–Trinajstić information content (AvgIpc) is 2.48. The molecule has 3 N–H and O–H groups in total. The molecule has 0 radical (unpaired) electrons. The molecule has 0 saturated heterocycles. The molecule has 0 spiro atoms. The second-order valence-electron chi connectivity index (χ2n) is 5.94. The van der Waals surface area contributed by atoms with Crippen LogP contribution in [0.1, 0.15) is 43.2 Å². The third-order valence-electron chi connectivity index (χ3n) is 4.21. The van der Waals surface area contributed by atoms with Gasteiger partial charge in [-0.1, -0.05) is 37.1 Å². The van der Waals surface area contributed by atoms with Gasteiger partial charge in [0.1, 0.15) is 0 Å². The summed E-state index contributed by atoms with van der Waals surface area (Å²) in [4.78, 5) is 12.0. The van der Waals surface area contributed by atoms with Gasteiger partial charge in [0.15, 0.2) is 0 Å². The highest BCUT2D eigenvalue weighted by Gasteiger charge is 2.23. The molecule has 1 fully saturated rings. The van der Waals surface area contributed by atoms with Gasteiger partial charge in [-0.25, -0.2) is 0 Å². The first kappa shape index (κ1) is 18.9. The highest BCUT2D eigenvalue weighted by molar-refractivity contribution is 5.85. The fraction of sp³-hybridized carbons (Fsp3) is 0.588. The molecule has 1 aromatic carbocycles. The molecule has 1 amide bonds. The molecule has 1 aromatic rings. The monoisotopic (exact) mass is 326 g/mol. The van der Waals surface area contributed by atoms with Crippen molar-refractivity contribution in [3.8, 4) is 0 Å². The van der Waals surface area contributed by atoms with Crippen molar-refractivity contribution in [2.24, 2.45) is 11.7 Å². The van der Waals surface area contributed by atoms with Crippen LogP contribution >= 0.6 is 12.4 Å². The lowest BCUT2D eigenvalue weighted by molar-refractivity contribution is -0.122. The average molecular weight is 327 g/mol. The predicted molar refractivity (Wildman–Crippen MR) is 90.8 cm³/mol. The highest BCUT2D eigenvalue weighted by Crippen LogP contribution is 2.25. The summed E-state index contributed by atoms with van der Waals surface area (Å²) >= 11 is 0. The Morgan fingerprint density at radius 3 is 2.77 bits per heavy atom. The van der Waals surface area contributed by atoms with Gasteiger partial charge in [0.05, 0.1) is 6.61 Å². The van der Waals surface area contributed by atoms with Crippen molar-refractivity contribution in [3.05, 3.63) is 35.4 Å². The van der Waals surface area contributed by atoms with Gasteiger partial charge < -0.3 is 15.8 Å². The van der Waals surface area contributed by atoms with E-state index in [1.54, 1.807) is 7.11 Å². The van der Waals surface area contributed by atoms with E-state index in [4.69, 9.17) is 10.5 Å². The summed E-state index contributed by atoms with van der Waals surface area (Å²) in [5.41, 5.74) is 8.32. The van der Waals surface area contributed by atoms with Crippen molar-refractivity contribution in [2.75, 3.05) is 7.11 Å². The quantitative estimate of drug-likeness (QED) is 0.845. The number of hydrogen-bond donors (Lipinski definition) is 2. The number of carbonyl (C=O) groups excluding carboxylic acids is 1. The molecule has 0 aromatic heterocycles. The maximum atomic E-state index is 12.0. The van der Waals surface area contributed by atoms with Gasteiger partial charge in [-0.3, -0.25) is 4.79 Å². The van der Waals surface area contributed by atoms with Crippen LogP contribution in [0.25, 0.3) is 0 Å². The summed E-state index contributed by atoms with van der Waals surface area (Å²) in [6, 6.07) is 8.29. The van der Waals surface area contributed by atoms with Crippen molar-refractivity contribution >= 4 is 18.3 Å².